The van der Waals surface area contributed by atoms with Crippen LogP contribution in [0.5, 0.6) is 5.88 Å². The second-order valence-electron chi connectivity index (χ2n) is 3.85. The summed E-state index contributed by atoms with van der Waals surface area (Å²) < 4.78 is 32.9. The van der Waals surface area contributed by atoms with Gasteiger partial charge in [-0.3, -0.25) is 4.72 Å². The van der Waals surface area contributed by atoms with E-state index in [1.165, 1.54) is 17.6 Å². The summed E-state index contributed by atoms with van der Waals surface area (Å²) in [7, 11) is -1.99. The quantitative estimate of drug-likeness (QED) is 0.783. The molecule has 0 aliphatic carbocycles. The maximum Gasteiger partial charge on any atom is 0.301 e. The van der Waals surface area contributed by atoms with Gasteiger partial charge in [0.15, 0.2) is 0 Å². The van der Waals surface area contributed by atoms with Crippen molar-refractivity contribution in [1.29, 1.82) is 0 Å². The molecule has 100 valence electrons. The summed E-state index contributed by atoms with van der Waals surface area (Å²) in [6.07, 6.45) is 1.43. The van der Waals surface area contributed by atoms with Gasteiger partial charge in [0.25, 0.3) is 0 Å². The highest BCUT2D eigenvalue weighted by molar-refractivity contribution is 7.90. The van der Waals surface area contributed by atoms with Crippen molar-refractivity contribution >= 4 is 15.9 Å². The zero-order chi connectivity index (χ0) is 13.0. The van der Waals surface area contributed by atoms with Crippen LogP contribution in [0.25, 0.3) is 0 Å². The lowest BCUT2D eigenvalue weighted by molar-refractivity contribution is 0.362. The molecular formula is C10H16N4O3S. The Bertz CT molecular complexity index is 482. The molecule has 1 aliphatic heterocycles. The van der Waals surface area contributed by atoms with E-state index >= 15 is 0 Å². The third-order valence-electron chi connectivity index (χ3n) is 2.61. The largest absolute Gasteiger partial charge is 0.481 e. The van der Waals surface area contributed by atoms with Gasteiger partial charge in [0.1, 0.15) is 0 Å². The van der Waals surface area contributed by atoms with Gasteiger partial charge in [-0.25, -0.2) is 4.98 Å². The summed E-state index contributed by atoms with van der Waals surface area (Å²) >= 11 is 0. The van der Waals surface area contributed by atoms with Crippen molar-refractivity contribution in [1.82, 2.24) is 14.6 Å². The maximum absolute atomic E-state index is 12.0. The van der Waals surface area contributed by atoms with Crippen LogP contribution in [-0.2, 0) is 10.2 Å². The molecule has 1 fully saturated rings. The van der Waals surface area contributed by atoms with Gasteiger partial charge in [0.2, 0.25) is 5.88 Å². The highest BCUT2D eigenvalue weighted by Gasteiger charge is 2.23. The first-order chi connectivity index (χ1) is 8.62. The highest BCUT2D eigenvalue weighted by Crippen LogP contribution is 2.14. The Morgan fingerprint density at radius 2 is 2.11 bits per heavy atom. The topological polar surface area (TPSA) is 83.6 Å². The molecule has 1 aromatic rings. The fraction of sp³-hybridized carbons (Fsp3) is 0.500. The number of hydrogen-bond donors (Lipinski definition) is 2. The van der Waals surface area contributed by atoms with Gasteiger partial charge in [-0.1, -0.05) is 0 Å². The number of piperazine rings is 1. The Balaban J connectivity index is 2.06. The Labute approximate surface area is 106 Å². The van der Waals surface area contributed by atoms with Gasteiger partial charge >= 0.3 is 10.2 Å². The Hall–Kier alpha value is -1.38. The Morgan fingerprint density at radius 1 is 1.39 bits per heavy atom. The molecule has 18 heavy (non-hydrogen) atoms. The first kappa shape index (κ1) is 13.1. The van der Waals surface area contributed by atoms with Crippen LogP contribution in [0.1, 0.15) is 0 Å². The SMILES string of the molecule is COc1ccc(NS(=O)(=O)N2CCNCC2)cn1. The molecule has 0 saturated carbocycles. The van der Waals surface area contributed by atoms with Gasteiger partial charge in [-0.2, -0.15) is 12.7 Å². The number of pyridine rings is 1. The standard InChI is InChI=1S/C10H16N4O3S/c1-17-10-3-2-9(8-12-10)13-18(15,16)14-6-4-11-5-7-14/h2-3,8,11,13H,4-7H2,1H3. The van der Waals surface area contributed by atoms with Crippen LogP contribution in [0, 0.1) is 0 Å². The summed E-state index contributed by atoms with van der Waals surface area (Å²) in [6, 6.07) is 3.22. The molecule has 2 rings (SSSR count). The van der Waals surface area contributed by atoms with Gasteiger partial charge in [-0.15, -0.1) is 0 Å². The summed E-state index contributed by atoms with van der Waals surface area (Å²) in [5, 5.41) is 3.10. The molecule has 2 N–H and O–H groups in total. The van der Waals surface area contributed by atoms with Crippen molar-refractivity contribution in [2.75, 3.05) is 38.0 Å². The van der Waals surface area contributed by atoms with E-state index in [2.05, 4.69) is 15.0 Å². The lowest BCUT2D eigenvalue weighted by Gasteiger charge is -2.26. The minimum Gasteiger partial charge on any atom is -0.481 e. The molecule has 2 heterocycles. The van der Waals surface area contributed by atoms with E-state index in [0.717, 1.165) is 0 Å². The van der Waals surface area contributed by atoms with Gasteiger partial charge in [0.05, 0.1) is 19.0 Å². The number of anilines is 1. The average molecular weight is 272 g/mol. The van der Waals surface area contributed by atoms with Crippen molar-refractivity contribution in [2.24, 2.45) is 0 Å². The third kappa shape index (κ3) is 3.09. The summed E-state index contributed by atoms with van der Waals surface area (Å²) in [5.41, 5.74) is 0.425. The van der Waals surface area contributed by atoms with Gasteiger partial charge in [-0.05, 0) is 6.07 Å². The van der Waals surface area contributed by atoms with E-state index in [1.807, 2.05) is 0 Å². The van der Waals surface area contributed by atoms with Crippen LogP contribution in [-0.4, -0.2) is 51.0 Å². The average Bonchev–Trinajstić information content (AvgIpc) is 2.40. The Kier molecular flexibility index (Phi) is 4.00. The van der Waals surface area contributed by atoms with Crippen molar-refractivity contribution < 1.29 is 13.2 Å². The molecule has 1 aromatic heterocycles. The van der Waals surface area contributed by atoms with E-state index < -0.39 is 10.2 Å². The number of nitrogens with one attached hydrogen (secondary N) is 2. The van der Waals surface area contributed by atoms with Crippen LogP contribution in [0.4, 0.5) is 5.69 Å². The fourth-order valence-corrected chi connectivity index (χ4v) is 2.87. The minimum atomic E-state index is -3.49. The van der Waals surface area contributed by atoms with Crippen molar-refractivity contribution in [2.45, 2.75) is 0 Å². The zero-order valence-electron chi connectivity index (χ0n) is 10.1. The normalized spacial score (nSPS) is 17.4. The monoisotopic (exact) mass is 272 g/mol. The van der Waals surface area contributed by atoms with Crippen molar-refractivity contribution in [3.63, 3.8) is 0 Å². The number of rotatable bonds is 4. The number of hydrogen-bond acceptors (Lipinski definition) is 5. The van der Waals surface area contributed by atoms with Crippen LogP contribution >= 0.6 is 0 Å². The predicted molar refractivity (Wildman–Crippen MR) is 67.8 cm³/mol. The van der Waals surface area contributed by atoms with Crippen molar-refractivity contribution in [3.05, 3.63) is 18.3 Å². The highest BCUT2D eigenvalue weighted by atomic mass is 32.2. The second-order valence-corrected chi connectivity index (χ2v) is 5.52. The minimum absolute atomic E-state index is 0.425. The number of aromatic nitrogens is 1. The van der Waals surface area contributed by atoms with E-state index in [9.17, 15) is 8.42 Å². The second kappa shape index (κ2) is 5.51. The summed E-state index contributed by atoms with van der Waals surface area (Å²) in [4.78, 5) is 3.95. The van der Waals surface area contributed by atoms with Crippen LogP contribution in [0.3, 0.4) is 0 Å². The molecular weight excluding hydrogens is 256 g/mol. The number of methoxy groups -OCH3 is 1. The zero-order valence-corrected chi connectivity index (χ0v) is 10.9. The smallest absolute Gasteiger partial charge is 0.301 e. The van der Waals surface area contributed by atoms with Crippen LogP contribution < -0.4 is 14.8 Å². The summed E-state index contributed by atoms with van der Waals surface area (Å²) in [6.45, 7) is 2.28. The van der Waals surface area contributed by atoms with E-state index in [-0.39, 0.29) is 0 Å². The third-order valence-corrected chi connectivity index (χ3v) is 4.15. The molecule has 0 unspecified atom stereocenters. The summed E-state index contributed by atoms with van der Waals surface area (Å²) in [5.74, 6) is 0.445. The van der Waals surface area contributed by atoms with E-state index in [4.69, 9.17) is 4.74 Å². The molecule has 7 nitrogen and oxygen atoms in total. The molecule has 8 heteroatoms. The lowest BCUT2D eigenvalue weighted by atomic mass is 10.4. The molecule has 0 radical (unpaired) electrons. The molecule has 1 aliphatic rings. The molecule has 0 bridgehead atoms. The van der Waals surface area contributed by atoms with Crippen LogP contribution in [0.15, 0.2) is 18.3 Å². The number of nitrogens with zero attached hydrogens (tertiary/aromatic N) is 2. The lowest BCUT2D eigenvalue weighted by Crippen LogP contribution is -2.48. The molecule has 0 atom stereocenters. The van der Waals surface area contributed by atoms with E-state index in [1.54, 1.807) is 12.1 Å². The van der Waals surface area contributed by atoms with Crippen molar-refractivity contribution in [3.8, 4) is 5.88 Å². The first-order valence-electron chi connectivity index (χ1n) is 5.60. The Morgan fingerprint density at radius 3 is 2.67 bits per heavy atom. The van der Waals surface area contributed by atoms with Gasteiger partial charge in [0, 0.05) is 32.2 Å². The van der Waals surface area contributed by atoms with E-state index in [0.29, 0.717) is 37.7 Å². The predicted octanol–water partition coefficient (Wildman–Crippen LogP) is -0.348. The molecule has 0 spiro atoms. The number of ether oxygens (including phenoxy) is 1. The maximum atomic E-state index is 12.0. The molecule has 0 amide bonds. The molecule has 0 aromatic carbocycles. The fourth-order valence-electron chi connectivity index (χ4n) is 1.66. The first-order valence-corrected chi connectivity index (χ1v) is 7.04. The van der Waals surface area contributed by atoms with Crippen LogP contribution in [0.2, 0.25) is 0 Å². The van der Waals surface area contributed by atoms with Gasteiger partial charge < -0.3 is 10.1 Å². The molecule has 1 saturated heterocycles.